The molecule has 1 unspecified atom stereocenters. The number of ether oxygens (including phenoxy) is 2. The Bertz CT molecular complexity index is 991. The number of nitrogens with zero attached hydrogens (tertiary/aromatic N) is 2. The van der Waals surface area contributed by atoms with Gasteiger partial charge in [-0.15, -0.1) is 11.3 Å². The average Bonchev–Trinajstić information content (AvgIpc) is 3.09. The van der Waals surface area contributed by atoms with Gasteiger partial charge >= 0.3 is 5.97 Å². The first-order chi connectivity index (χ1) is 13.0. The fourth-order valence-corrected chi connectivity index (χ4v) is 3.58. The first-order valence-electron chi connectivity index (χ1n) is 8.92. The molecule has 142 valence electrons. The fourth-order valence-electron chi connectivity index (χ4n) is 2.67. The number of carbonyl (C=O) groups excluding carboxylic acids is 1. The second-order valence-electron chi connectivity index (χ2n) is 6.17. The lowest BCUT2D eigenvalue weighted by molar-refractivity contribution is -0.149. The minimum Gasteiger partial charge on any atom is -0.494 e. The Morgan fingerprint density at radius 1 is 1.26 bits per heavy atom. The van der Waals surface area contributed by atoms with Crippen molar-refractivity contribution in [2.75, 3.05) is 6.61 Å². The van der Waals surface area contributed by atoms with E-state index in [0.29, 0.717) is 16.8 Å². The number of rotatable bonds is 7. The lowest BCUT2D eigenvalue weighted by Crippen LogP contribution is -2.27. The maximum atomic E-state index is 12.9. The Morgan fingerprint density at radius 2 is 2.00 bits per heavy atom. The van der Waals surface area contributed by atoms with Crippen LogP contribution in [-0.2, 0) is 16.1 Å². The Kier molecular flexibility index (Phi) is 5.91. The monoisotopic (exact) mass is 386 g/mol. The van der Waals surface area contributed by atoms with Gasteiger partial charge in [0.15, 0.2) is 0 Å². The van der Waals surface area contributed by atoms with E-state index >= 15 is 0 Å². The summed E-state index contributed by atoms with van der Waals surface area (Å²) in [4.78, 5) is 30.0. The van der Waals surface area contributed by atoms with Gasteiger partial charge < -0.3 is 9.47 Å². The van der Waals surface area contributed by atoms with Gasteiger partial charge in [0.2, 0.25) is 0 Å². The standard InChI is InChI=1S/C20H22N2O4S/c1-4-13(3)26-17(23)10-22-12-21-19-18(20(22)24)16(11-27-19)14-6-8-15(9-7-14)25-5-2/h6-9,11-13H,4-5,10H2,1-3H3. The lowest BCUT2D eigenvalue weighted by atomic mass is 10.1. The molecule has 1 aromatic carbocycles. The van der Waals surface area contributed by atoms with Crippen LogP contribution in [0.4, 0.5) is 0 Å². The Balaban J connectivity index is 1.94. The number of thiophene rings is 1. The van der Waals surface area contributed by atoms with Gasteiger partial charge in [-0.1, -0.05) is 19.1 Å². The quantitative estimate of drug-likeness (QED) is 0.577. The van der Waals surface area contributed by atoms with Crippen molar-refractivity contribution >= 4 is 27.5 Å². The van der Waals surface area contributed by atoms with Gasteiger partial charge in [0.1, 0.15) is 17.1 Å². The van der Waals surface area contributed by atoms with Gasteiger partial charge in [-0.05, 0) is 38.0 Å². The molecule has 3 rings (SSSR count). The van der Waals surface area contributed by atoms with Crippen LogP contribution in [0, 0.1) is 0 Å². The molecule has 6 nitrogen and oxygen atoms in total. The zero-order valence-electron chi connectivity index (χ0n) is 15.6. The normalized spacial score (nSPS) is 12.1. The van der Waals surface area contributed by atoms with E-state index in [1.165, 1.54) is 22.2 Å². The van der Waals surface area contributed by atoms with Gasteiger partial charge in [0.05, 0.1) is 24.4 Å². The van der Waals surface area contributed by atoms with Crippen molar-refractivity contribution in [2.24, 2.45) is 0 Å². The molecule has 0 aliphatic heterocycles. The molecule has 0 bridgehead atoms. The molecule has 0 amide bonds. The van der Waals surface area contributed by atoms with E-state index in [1.807, 2.05) is 50.4 Å². The van der Waals surface area contributed by atoms with Crippen molar-refractivity contribution in [2.45, 2.75) is 39.8 Å². The van der Waals surface area contributed by atoms with Crippen LogP contribution in [0.2, 0.25) is 0 Å². The van der Waals surface area contributed by atoms with E-state index in [4.69, 9.17) is 9.47 Å². The zero-order chi connectivity index (χ0) is 19.4. The topological polar surface area (TPSA) is 70.4 Å². The van der Waals surface area contributed by atoms with Crippen LogP contribution in [-0.4, -0.2) is 28.2 Å². The highest BCUT2D eigenvalue weighted by Gasteiger charge is 2.16. The summed E-state index contributed by atoms with van der Waals surface area (Å²) in [7, 11) is 0. The number of aromatic nitrogens is 2. The second-order valence-corrected chi connectivity index (χ2v) is 7.03. The summed E-state index contributed by atoms with van der Waals surface area (Å²) in [6.07, 6.45) is 1.95. The van der Waals surface area contributed by atoms with E-state index in [2.05, 4.69) is 4.98 Å². The molecule has 0 N–H and O–H groups in total. The molecule has 0 radical (unpaired) electrons. The third-order valence-electron chi connectivity index (χ3n) is 4.24. The summed E-state index contributed by atoms with van der Waals surface area (Å²) >= 11 is 1.41. The summed E-state index contributed by atoms with van der Waals surface area (Å²) in [6, 6.07) is 7.59. The SMILES string of the molecule is CCOc1ccc(-c2csc3ncn(CC(=O)OC(C)CC)c(=O)c23)cc1. The molecule has 2 aromatic heterocycles. The van der Waals surface area contributed by atoms with Gasteiger partial charge in [0, 0.05) is 10.9 Å². The van der Waals surface area contributed by atoms with Crippen LogP contribution in [0.3, 0.4) is 0 Å². The molecule has 1 atom stereocenters. The van der Waals surface area contributed by atoms with E-state index < -0.39 is 5.97 Å². The highest BCUT2D eigenvalue weighted by molar-refractivity contribution is 7.17. The van der Waals surface area contributed by atoms with Crippen LogP contribution >= 0.6 is 11.3 Å². The summed E-state index contributed by atoms with van der Waals surface area (Å²) < 4.78 is 12.0. The number of hydrogen-bond donors (Lipinski definition) is 0. The summed E-state index contributed by atoms with van der Waals surface area (Å²) in [5.41, 5.74) is 1.47. The van der Waals surface area contributed by atoms with Crippen LogP contribution in [0.15, 0.2) is 40.8 Å². The molecule has 7 heteroatoms. The maximum Gasteiger partial charge on any atom is 0.326 e. The van der Waals surface area contributed by atoms with Gasteiger partial charge in [-0.25, -0.2) is 4.98 Å². The minimum absolute atomic E-state index is 0.148. The highest BCUT2D eigenvalue weighted by Crippen LogP contribution is 2.31. The Labute approximate surface area is 161 Å². The maximum absolute atomic E-state index is 12.9. The van der Waals surface area contributed by atoms with Crippen molar-refractivity contribution in [1.29, 1.82) is 0 Å². The predicted octanol–water partition coefficient (Wildman–Crippen LogP) is 3.87. The molecule has 27 heavy (non-hydrogen) atoms. The van der Waals surface area contributed by atoms with Crippen molar-refractivity contribution in [3.63, 3.8) is 0 Å². The lowest BCUT2D eigenvalue weighted by Gasteiger charge is -2.11. The first-order valence-corrected chi connectivity index (χ1v) is 9.80. The summed E-state index contributed by atoms with van der Waals surface area (Å²) in [5.74, 6) is 0.342. The predicted molar refractivity (Wildman–Crippen MR) is 106 cm³/mol. The van der Waals surface area contributed by atoms with Crippen LogP contribution in [0.1, 0.15) is 27.2 Å². The number of carbonyl (C=O) groups is 1. The van der Waals surface area contributed by atoms with Gasteiger partial charge in [-0.2, -0.15) is 0 Å². The molecular weight excluding hydrogens is 364 g/mol. The summed E-state index contributed by atoms with van der Waals surface area (Å²) in [6.45, 7) is 6.14. The molecule has 0 saturated carbocycles. The molecule has 3 aromatic rings. The largest absolute Gasteiger partial charge is 0.494 e. The van der Waals surface area contributed by atoms with Crippen LogP contribution in [0.25, 0.3) is 21.3 Å². The molecule has 0 aliphatic carbocycles. The van der Waals surface area contributed by atoms with Gasteiger partial charge in [-0.3, -0.25) is 14.2 Å². The number of benzene rings is 1. The smallest absolute Gasteiger partial charge is 0.326 e. The van der Waals surface area contributed by atoms with E-state index in [9.17, 15) is 9.59 Å². The fraction of sp³-hybridized carbons (Fsp3) is 0.350. The highest BCUT2D eigenvalue weighted by atomic mass is 32.1. The Hall–Kier alpha value is -2.67. The second kappa shape index (κ2) is 8.35. The molecule has 0 saturated heterocycles. The van der Waals surface area contributed by atoms with Crippen molar-refractivity contribution in [1.82, 2.24) is 9.55 Å². The first kappa shape index (κ1) is 19.1. The molecule has 2 heterocycles. The third kappa shape index (κ3) is 4.19. The summed E-state index contributed by atoms with van der Waals surface area (Å²) in [5, 5.41) is 2.43. The number of fused-ring (bicyclic) bond motifs is 1. The van der Waals surface area contributed by atoms with E-state index in [0.717, 1.165) is 23.3 Å². The average molecular weight is 386 g/mol. The van der Waals surface area contributed by atoms with E-state index in [1.54, 1.807) is 0 Å². The minimum atomic E-state index is -0.439. The van der Waals surface area contributed by atoms with Crippen molar-refractivity contribution in [3.05, 3.63) is 46.3 Å². The number of hydrogen-bond acceptors (Lipinski definition) is 6. The Morgan fingerprint density at radius 3 is 2.67 bits per heavy atom. The molecule has 0 fully saturated rings. The van der Waals surface area contributed by atoms with Crippen LogP contribution < -0.4 is 10.3 Å². The third-order valence-corrected chi connectivity index (χ3v) is 5.13. The zero-order valence-corrected chi connectivity index (χ0v) is 16.4. The molecule has 0 aliphatic rings. The van der Waals surface area contributed by atoms with Crippen molar-refractivity contribution < 1.29 is 14.3 Å². The molecular formula is C20H22N2O4S. The van der Waals surface area contributed by atoms with Crippen molar-refractivity contribution in [3.8, 4) is 16.9 Å². The van der Waals surface area contributed by atoms with Gasteiger partial charge in [0.25, 0.3) is 5.56 Å². The van der Waals surface area contributed by atoms with Crippen LogP contribution in [0.5, 0.6) is 5.75 Å². The number of esters is 1. The van der Waals surface area contributed by atoms with E-state index in [-0.39, 0.29) is 18.2 Å². The molecule has 0 spiro atoms.